The monoisotopic (exact) mass is 388 g/mol. The number of allylic oxidation sites excluding steroid dienone is 1. The highest BCUT2D eigenvalue weighted by Gasteiger charge is 2.36. The summed E-state index contributed by atoms with van der Waals surface area (Å²) >= 11 is 0. The Morgan fingerprint density at radius 3 is 2.29 bits per heavy atom. The smallest absolute Gasteiger partial charge is 0.331 e. The van der Waals surface area contributed by atoms with Crippen LogP contribution >= 0.6 is 0 Å². The largest absolute Gasteiger partial charge is 0.508 e. The van der Waals surface area contributed by atoms with Crippen LogP contribution in [0.15, 0.2) is 35.9 Å². The molecule has 8 nitrogen and oxygen atoms in total. The van der Waals surface area contributed by atoms with Gasteiger partial charge in [0.15, 0.2) is 23.4 Å². The van der Waals surface area contributed by atoms with Crippen LogP contribution in [0.25, 0.3) is 0 Å². The Labute approximate surface area is 160 Å². The number of rotatable bonds is 3. The Hall–Kier alpha value is -3.55. The van der Waals surface area contributed by atoms with Gasteiger partial charge in [0.25, 0.3) is 0 Å². The first kappa shape index (κ1) is 19.2. The van der Waals surface area contributed by atoms with E-state index in [2.05, 4.69) is 0 Å². The fraction of sp³-hybridized carbons (Fsp3) is 0.250. The number of benzene rings is 2. The number of phenolic OH excluding ortho intramolecular Hbond substituents is 5. The lowest BCUT2D eigenvalue weighted by Crippen LogP contribution is -2.34. The number of esters is 1. The number of fused-ring (bicyclic) bond motifs is 1. The van der Waals surface area contributed by atoms with Gasteiger partial charge in [-0.05, 0) is 26.0 Å². The van der Waals surface area contributed by atoms with E-state index in [9.17, 15) is 30.3 Å². The van der Waals surface area contributed by atoms with E-state index < -0.39 is 35.4 Å². The zero-order chi connectivity index (χ0) is 20.6. The first-order valence-electron chi connectivity index (χ1n) is 8.47. The second-order valence-corrected chi connectivity index (χ2v) is 6.79. The van der Waals surface area contributed by atoms with Crippen molar-refractivity contribution in [3.63, 3.8) is 0 Å². The Morgan fingerprint density at radius 1 is 1.04 bits per heavy atom. The highest BCUT2D eigenvalue weighted by molar-refractivity contribution is 5.82. The van der Waals surface area contributed by atoms with Crippen LogP contribution in [0.4, 0.5) is 0 Å². The molecule has 1 aliphatic heterocycles. The minimum absolute atomic E-state index is 0.0663. The fourth-order valence-corrected chi connectivity index (χ4v) is 3.04. The Balaban J connectivity index is 2.05. The maximum atomic E-state index is 12.1. The summed E-state index contributed by atoms with van der Waals surface area (Å²) in [5.74, 6) is -2.71. The average Bonchev–Trinajstić information content (AvgIpc) is 2.58. The van der Waals surface area contributed by atoms with Gasteiger partial charge in [0.2, 0.25) is 0 Å². The third-order valence-corrected chi connectivity index (χ3v) is 4.26. The molecule has 0 aliphatic carbocycles. The number of hydrogen-bond donors (Lipinski definition) is 5. The zero-order valence-corrected chi connectivity index (χ0v) is 15.2. The van der Waals surface area contributed by atoms with E-state index in [1.165, 1.54) is 24.3 Å². The SMILES string of the molecule is CC(C)=CC(=O)O[C@@H]1Cc2c(O)cc(O)cc2O[C@@H]1c1cc(O)c(O)c(O)c1. The third-order valence-electron chi connectivity index (χ3n) is 4.26. The summed E-state index contributed by atoms with van der Waals surface area (Å²) < 4.78 is 11.3. The molecule has 0 bridgehead atoms. The van der Waals surface area contributed by atoms with Crippen LogP contribution in [-0.2, 0) is 16.0 Å². The molecule has 8 heteroatoms. The molecule has 28 heavy (non-hydrogen) atoms. The van der Waals surface area contributed by atoms with Crippen LogP contribution in [0, 0.1) is 0 Å². The molecule has 0 saturated carbocycles. The Bertz CT molecular complexity index is 936. The molecule has 0 fully saturated rings. The molecule has 0 amide bonds. The van der Waals surface area contributed by atoms with Crippen molar-refractivity contribution in [2.45, 2.75) is 32.5 Å². The number of ether oxygens (including phenoxy) is 2. The van der Waals surface area contributed by atoms with Crippen LogP contribution < -0.4 is 4.74 Å². The highest BCUT2D eigenvalue weighted by Crippen LogP contribution is 2.45. The van der Waals surface area contributed by atoms with Gasteiger partial charge in [0.1, 0.15) is 23.4 Å². The van der Waals surface area contributed by atoms with Crippen molar-refractivity contribution in [1.29, 1.82) is 0 Å². The summed E-state index contributed by atoms with van der Waals surface area (Å²) in [6.07, 6.45) is -0.513. The van der Waals surface area contributed by atoms with Crippen LogP contribution in [0.3, 0.4) is 0 Å². The Kier molecular flexibility index (Phi) is 4.96. The van der Waals surface area contributed by atoms with Crippen molar-refractivity contribution in [3.8, 4) is 34.5 Å². The van der Waals surface area contributed by atoms with Crippen LogP contribution in [-0.4, -0.2) is 37.6 Å². The van der Waals surface area contributed by atoms with Gasteiger partial charge in [-0.2, -0.15) is 0 Å². The Morgan fingerprint density at radius 2 is 1.68 bits per heavy atom. The number of hydrogen-bond acceptors (Lipinski definition) is 8. The van der Waals surface area contributed by atoms with Gasteiger partial charge in [0.05, 0.1) is 0 Å². The molecule has 0 aromatic heterocycles. The van der Waals surface area contributed by atoms with E-state index in [0.29, 0.717) is 5.56 Å². The van der Waals surface area contributed by atoms with Gasteiger partial charge in [-0.1, -0.05) is 5.57 Å². The molecule has 1 aliphatic rings. The van der Waals surface area contributed by atoms with Gasteiger partial charge >= 0.3 is 5.97 Å². The van der Waals surface area contributed by atoms with E-state index >= 15 is 0 Å². The van der Waals surface area contributed by atoms with Gasteiger partial charge in [0, 0.05) is 35.8 Å². The fourth-order valence-electron chi connectivity index (χ4n) is 3.04. The van der Waals surface area contributed by atoms with E-state index in [-0.39, 0.29) is 29.2 Å². The summed E-state index contributed by atoms with van der Waals surface area (Å²) in [5.41, 5.74) is 1.30. The highest BCUT2D eigenvalue weighted by atomic mass is 16.6. The predicted molar refractivity (Wildman–Crippen MR) is 97.6 cm³/mol. The lowest BCUT2D eigenvalue weighted by molar-refractivity contribution is -0.149. The molecular weight excluding hydrogens is 368 g/mol. The van der Waals surface area contributed by atoms with Crippen molar-refractivity contribution in [3.05, 3.63) is 47.0 Å². The molecule has 2 aromatic carbocycles. The lowest BCUT2D eigenvalue weighted by atomic mass is 9.93. The molecule has 0 saturated heterocycles. The molecule has 2 atom stereocenters. The van der Waals surface area contributed by atoms with Crippen molar-refractivity contribution in [2.24, 2.45) is 0 Å². The number of carbonyl (C=O) groups excluding carboxylic acids is 1. The van der Waals surface area contributed by atoms with Gasteiger partial charge in [-0.25, -0.2) is 4.79 Å². The minimum atomic E-state index is -0.972. The second-order valence-electron chi connectivity index (χ2n) is 6.79. The summed E-state index contributed by atoms with van der Waals surface area (Å²) in [7, 11) is 0. The summed E-state index contributed by atoms with van der Waals surface area (Å²) in [4.78, 5) is 12.1. The topological polar surface area (TPSA) is 137 Å². The van der Waals surface area contributed by atoms with Crippen LogP contribution in [0.2, 0.25) is 0 Å². The van der Waals surface area contributed by atoms with Crippen molar-refractivity contribution < 1.29 is 39.8 Å². The third kappa shape index (κ3) is 3.75. The van der Waals surface area contributed by atoms with Crippen molar-refractivity contribution in [1.82, 2.24) is 0 Å². The minimum Gasteiger partial charge on any atom is -0.508 e. The standard InChI is InChI=1S/C20H20O8/c1-9(2)3-18(25)27-17-8-12-13(22)6-11(21)7-16(12)28-20(17)10-4-14(23)19(26)15(24)5-10/h3-7,17,20-24,26H,8H2,1-2H3/t17-,20-/m1/s1. The number of aromatic hydroxyl groups is 5. The molecule has 1 heterocycles. The van der Waals surface area contributed by atoms with Crippen molar-refractivity contribution >= 4 is 5.97 Å². The summed E-state index contributed by atoms with van der Waals surface area (Å²) in [5, 5.41) is 49.0. The first-order valence-corrected chi connectivity index (χ1v) is 8.47. The summed E-state index contributed by atoms with van der Waals surface area (Å²) in [6.45, 7) is 3.46. The van der Waals surface area contributed by atoms with Gasteiger partial charge < -0.3 is 35.0 Å². The van der Waals surface area contributed by atoms with E-state index in [1.807, 2.05) is 0 Å². The first-order chi connectivity index (χ1) is 13.2. The number of phenols is 5. The molecule has 148 valence electrons. The normalized spacial score (nSPS) is 17.9. The molecule has 2 aromatic rings. The maximum absolute atomic E-state index is 12.1. The van der Waals surface area contributed by atoms with Gasteiger partial charge in [-0.15, -0.1) is 0 Å². The summed E-state index contributed by atoms with van der Waals surface area (Å²) in [6, 6.07) is 4.80. The van der Waals surface area contributed by atoms with Gasteiger partial charge in [-0.3, -0.25) is 0 Å². The molecule has 0 unspecified atom stereocenters. The van der Waals surface area contributed by atoms with E-state index in [0.717, 1.165) is 11.6 Å². The van der Waals surface area contributed by atoms with Crippen LogP contribution in [0.1, 0.15) is 31.1 Å². The molecule has 5 N–H and O–H groups in total. The van der Waals surface area contributed by atoms with E-state index in [4.69, 9.17) is 9.47 Å². The molecule has 3 rings (SSSR count). The quantitative estimate of drug-likeness (QED) is 0.308. The zero-order valence-electron chi connectivity index (χ0n) is 15.2. The predicted octanol–water partition coefficient (Wildman–Crippen LogP) is 2.77. The maximum Gasteiger partial charge on any atom is 0.331 e. The van der Waals surface area contributed by atoms with E-state index in [1.54, 1.807) is 13.8 Å². The molecular formula is C20H20O8. The van der Waals surface area contributed by atoms with Crippen molar-refractivity contribution in [2.75, 3.05) is 0 Å². The molecule has 0 spiro atoms. The average molecular weight is 388 g/mol. The number of carbonyl (C=O) groups is 1. The second kappa shape index (κ2) is 7.22. The van der Waals surface area contributed by atoms with Crippen LogP contribution in [0.5, 0.6) is 34.5 Å². The lowest BCUT2D eigenvalue weighted by Gasteiger charge is -2.33. The molecule has 0 radical (unpaired) electrons.